The molecule has 0 bridgehead atoms. The molecular formula is C21H19FN4O4. The van der Waals surface area contributed by atoms with Crippen LogP contribution in [0.25, 0.3) is 0 Å². The van der Waals surface area contributed by atoms with Gasteiger partial charge < -0.3 is 15.3 Å². The number of anilines is 1. The first kappa shape index (κ1) is 21.0. The minimum atomic E-state index is -1.82. The lowest BCUT2D eigenvalue weighted by atomic mass is 10.1. The summed E-state index contributed by atoms with van der Waals surface area (Å²) in [7, 11) is 0. The van der Waals surface area contributed by atoms with Crippen molar-refractivity contribution in [1.82, 2.24) is 10.2 Å². The molecule has 0 saturated carbocycles. The molecule has 3 rings (SSSR count). The van der Waals surface area contributed by atoms with Crippen molar-refractivity contribution in [1.29, 1.82) is 5.26 Å². The minimum Gasteiger partial charge on any atom is -0.381 e. The monoisotopic (exact) mass is 410 g/mol. The van der Waals surface area contributed by atoms with Gasteiger partial charge >= 0.3 is 0 Å². The largest absolute Gasteiger partial charge is 0.381 e. The molecule has 1 heterocycles. The van der Waals surface area contributed by atoms with Gasteiger partial charge in [-0.05, 0) is 18.2 Å². The Morgan fingerprint density at radius 1 is 1.30 bits per heavy atom. The summed E-state index contributed by atoms with van der Waals surface area (Å²) in [6.07, 6.45) is -1.76. The van der Waals surface area contributed by atoms with Crippen molar-refractivity contribution in [3.63, 3.8) is 0 Å². The molecule has 3 N–H and O–H groups in total. The van der Waals surface area contributed by atoms with Crippen molar-refractivity contribution in [2.45, 2.75) is 32.7 Å². The minimum absolute atomic E-state index is 0.0598. The van der Waals surface area contributed by atoms with Crippen LogP contribution in [-0.2, 0) is 22.7 Å². The molecule has 0 radical (unpaired) electrons. The molecule has 30 heavy (non-hydrogen) atoms. The van der Waals surface area contributed by atoms with Crippen LogP contribution >= 0.6 is 0 Å². The number of halogens is 1. The average molecular weight is 410 g/mol. The highest BCUT2D eigenvalue weighted by molar-refractivity contribution is 6.04. The van der Waals surface area contributed by atoms with E-state index in [1.165, 1.54) is 6.07 Å². The molecule has 1 aliphatic heterocycles. The number of benzene rings is 2. The fourth-order valence-electron chi connectivity index (χ4n) is 3.14. The lowest BCUT2D eigenvalue weighted by Gasteiger charge is -2.21. The zero-order valence-corrected chi connectivity index (χ0v) is 16.1. The molecule has 0 fully saturated rings. The van der Waals surface area contributed by atoms with Gasteiger partial charge in [0.2, 0.25) is 12.1 Å². The first-order chi connectivity index (χ1) is 14.4. The second-order valence-electron chi connectivity index (χ2n) is 6.65. The van der Waals surface area contributed by atoms with Crippen LogP contribution in [0.5, 0.6) is 0 Å². The number of nitriles is 1. The topological polar surface area (TPSA) is 123 Å². The first-order valence-corrected chi connectivity index (χ1v) is 9.23. The maximum Gasteiger partial charge on any atom is 0.276 e. The SMILES string of the molecule is CCC(=O)NC(=O)C(O)N1Cc2c(NCc3cccc(C#N)c3F)cccc2C1=O. The predicted octanol–water partition coefficient (Wildman–Crippen LogP) is 1.64. The molecule has 0 aromatic heterocycles. The van der Waals surface area contributed by atoms with E-state index >= 15 is 0 Å². The van der Waals surface area contributed by atoms with E-state index in [1.54, 1.807) is 43.3 Å². The number of aliphatic hydroxyl groups excluding tert-OH is 1. The van der Waals surface area contributed by atoms with Gasteiger partial charge in [0, 0.05) is 35.3 Å². The molecule has 3 amide bonds. The maximum atomic E-state index is 14.3. The summed E-state index contributed by atoms with van der Waals surface area (Å²) in [5.41, 5.74) is 1.57. The number of nitrogens with zero attached hydrogens (tertiary/aromatic N) is 2. The van der Waals surface area contributed by atoms with Crippen LogP contribution in [0.1, 0.15) is 40.4 Å². The number of imide groups is 1. The molecule has 0 spiro atoms. The molecule has 0 saturated heterocycles. The molecule has 2 aromatic rings. The van der Waals surface area contributed by atoms with E-state index in [9.17, 15) is 23.9 Å². The smallest absolute Gasteiger partial charge is 0.276 e. The van der Waals surface area contributed by atoms with E-state index in [0.717, 1.165) is 4.90 Å². The quantitative estimate of drug-likeness (QED) is 0.665. The van der Waals surface area contributed by atoms with Crippen molar-refractivity contribution < 1.29 is 23.9 Å². The molecule has 154 valence electrons. The third kappa shape index (κ3) is 3.99. The first-order valence-electron chi connectivity index (χ1n) is 9.23. The summed E-state index contributed by atoms with van der Waals surface area (Å²) in [6.45, 7) is 1.56. The number of fused-ring (bicyclic) bond motifs is 1. The van der Waals surface area contributed by atoms with Crippen molar-refractivity contribution in [2.24, 2.45) is 0 Å². The van der Waals surface area contributed by atoms with Crippen LogP contribution in [0.2, 0.25) is 0 Å². The van der Waals surface area contributed by atoms with Gasteiger partial charge in [0.05, 0.1) is 12.1 Å². The molecule has 1 unspecified atom stereocenters. The van der Waals surface area contributed by atoms with Crippen LogP contribution in [0, 0.1) is 17.1 Å². The summed E-state index contributed by atoms with van der Waals surface area (Å²) in [6, 6.07) is 11.2. The average Bonchev–Trinajstić information content (AvgIpc) is 3.09. The summed E-state index contributed by atoms with van der Waals surface area (Å²) in [5, 5.41) is 24.3. The lowest BCUT2D eigenvalue weighted by molar-refractivity contribution is -0.141. The van der Waals surface area contributed by atoms with Crippen molar-refractivity contribution in [3.05, 3.63) is 64.5 Å². The molecule has 2 aromatic carbocycles. The van der Waals surface area contributed by atoms with Gasteiger partial charge in [0.25, 0.3) is 11.8 Å². The number of rotatable bonds is 6. The van der Waals surface area contributed by atoms with Gasteiger partial charge in [-0.1, -0.05) is 25.1 Å². The standard InChI is InChI=1S/C21H19FN4O4/c1-2-17(27)25-19(28)21(30)26-11-15-14(20(26)29)7-4-8-16(15)24-10-13-6-3-5-12(9-23)18(13)22/h3-8,21,24,30H,2,10-11H2,1H3,(H,25,27,28). The molecule has 1 aliphatic rings. The van der Waals surface area contributed by atoms with E-state index in [0.29, 0.717) is 16.8 Å². The third-order valence-corrected chi connectivity index (χ3v) is 4.78. The highest BCUT2D eigenvalue weighted by Crippen LogP contribution is 2.31. The molecular weight excluding hydrogens is 391 g/mol. The van der Waals surface area contributed by atoms with Crippen molar-refractivity contribution in [2.75, 3.05) is 5.32 Å². The number of hydrogen-bond donors (Lipinski definition) is 3. The Bertz CT molecular complexity index is 1060. The number of aliphatic hydroxyl groups is 1. The Hall–Kier alpha value is -3.77. The second-order valence-corrected chi connectivity index (χ2v) is 6.65. The lowest BCUT2D eigenvalue weighted by Crippen LogP contribution is -2.48. The zero-order valence-electron chi connectivity index (χ0n) is 16.1. The number of nitrogens with one attached hydrogen (secondary N) is 2. The highest BCUT2D eigenvalue weighted by Gasteiger charge is 2.36. The van der Waals surface area contributed by atoms with Crippen LogP contribution in [0.3, 0.4) is 0 Å². The van der Waals surface area contributed by atoms with Crippen molar-refractivity contribution >= 4 is 23.4 Å². The van der Waals surface area contributed by atoms with E-state index < -0.39 is 29.8 Å². The maximum absolute atomic E-state index is 14.3. The third-order valence-electron chi connectivity index (χ3n) is 4.78. The number of carbonyl (C=O) groups excluding carboxylic acids is 3. The molecule has 8 nitrogen and oxygen atoms in total. The Morgan fingerprint density at radius 3 is 2.73 bits per heavy atom. The molecule has 0 aliphatic carbocycles. The van der Waals surface area contributed by atoms with Gasteiger partial charge in [-0.25, -0.2) is 4.39 Å². The van der Waals surface area contributed by atoms with Crippen molar-refractivity contribution in [3.8, 4) is 6.07 Å². The normalized spacial score (nSPS) is 13.4. The predicted molar refractivity (Wildman–Crippen MR) is 104 cm³/mol. The van der Waals surface area contributed by atoms with E-state index in [-0.39, 0.29) is 30.6 Å². The Balaban J connectivity index is 1.78. The fourth-order valence-corrected chi connectivity index (χ4v) is 3.14. The summed E-state index contributed by atoms with van der Waals surface area (Å²) >= 11 is 0. The second kappa shape index (κ2) is 8.71. The van der Waals surface area contributed by atoms with Crippen LogP contribution in [0.15, 0.2) is 36.4 Å². The van der Waals surface area contributed by atoms with Gasteiger partial charge in [0.1, 0.15) is 11.9 Å². The number of amides is 3. The van der Waals surface area contributed by atoms with Gasteiger partial charge in [-0.3, -0.25) is 19.7 Å². The molecule has 1 atom stereocenters. The van der Waals surface area contributed by atoms with Gasteiger partial charge in [0.15, 0.2) is 0 Å². The van der Waals surface area contributed by atoms with Crippen LogP contribution in [-0.4, -0.2) is 34.0 Å². The van der Waals surface area contributed by atoms with Crippen LogP contribution < -0.4 is 10.6 Å². The Labute approximate surface area is 171 Å². The van der Waals surface area contributed by atoms with Gasteiger partial charge in [-0.15, -0.1) is 0 Å². The van der Waals surface area contributed by atoms with Gasteiger partial charge in [-0.2, -0.15) is 5.26 Å². The van der Waals surface area contributed by atoms with E-state index in [2.05, 4.69) is 5.32 Å². The summed E-state index contributed by atoms with van der Waals surface area (Å²) in [5.74, 6) is -2.72. The summed E-state index contributed by atoms with van der Waals surface area (Å²) in [4.78, 5) is 37.0. The fraction of sp³-hybridized carbons (Fsp3) is 0.238. The molecule has 9 heteroatoms. The van der Waals surface area contributed by atoms with Crippen LogP contribution in [0.4, 0.5) is 10.1 Å². The van der Waals surface area contributed by atoms with E-state index in [1.807, 2.05) is 5.32 Å². The highest BCUT2D eigenvalue weighted by atomic mass is 19.1. The Kier molecular flexibility index (Phi) is 6.09. The number of carbonyl (C=O) groups is 3. The number of hydrogen-bond acceptors (Lipinski definition) is 6. The zero-order chi connectivity index (χ0) is 21.8. The summed E-state index contributed by atoms with van der Waals surface area (Å²) < 4.78 is 14.3. The Morgan fingerprint density at radius 2 is 2.03 bits per heavy atom. The van der Waals surface area contributed by atoms with E-state index in [4.69, 9.17) is 5.26 Å².